The molecule has 1 aliphatic heterocycles. The molecule has 0 aliphatic carbocycles. The van der Waals surface area contributed by atoms with E-state index in [4.69, 9.17) is 0 Å². The van der Waals surface area contributed by atoms with Gasteiger partial charge in [0.25, 0.3) is 0 Å². The van der Waals surface area contributed by atoms with Crippen molar-refractivity contribution in [1.29, 1.82) is 0 Å². The van der Waals surface area contributed by atoms with E-state index in [9.17, 15) is 0 Å². The molecule has 0 saturated carbocycles. The highest BCUT2D eigenvalue weighted by Gasteiger charge is 2.15. The third-order valence-corrected chi connectivity index (χ3v) is 4.58. The van der Waals surface area contributed by atoms with Crippen molar-refractivity contribution < 1.29 is 0 Å². The van der Waals surface area contributed by atoms with Gasteiger partial charge in [-0.1, -0.05) is 0 Å². The number of hydrogen-bond acceptors (Lipinski definition) is 2. The smallest absolute Gasteiger partial charge is 0.191 e. The Balaban J connectivity index is 1.83. The minimum Gasteiger partial charge on any atom is -0.357 e. The van der Waals surface area contributed by atoms with Crippen molar-refractivity contribution in [2.24, 2.45) is 12.0 Å². The molecule has 1 aliphatic rings. The van der Waals surface area contributed by atoms with Crippen molar-refractivity contribution >= 4 is 17.7 Å². The van der Waals surface area contributed by atoms with Gasteiger partial charge in [-0.2, -0.15) is 11.8 Å². The molecule has 2 heterocycles. The van der Waals surface area contributed by atoms with Crippen LogP contribution in [0.2, 0.25) is 0 Å². The van der Waals surface area contributed by atoms with Crippen molar-refractivity contribution in [3.63, 3.8) is 0 Å². The van der Waals surface area contributed by atoms with Gasteiger partial charge in [0, 0.05) is 37.8 Å². The van der Waals surface area contributed by atoms with Crippen LogP contribution in [-0.4, -0.2) is 34.6 Å². The summed E-state index contributed by atoms with van der Waals surface area (Å²) in [5.41, 5.74) is 1.25. The zero-order chi connectivity index (χ0) is 13.5. The summed E-state index contributed by atoms with van der Waals surface area (Å²) in [7, 11) is 2.04. The van der Waals surface area contributed by atoms with Crippen LogP contribution in [0.4, 0.5) is 0 Å². The molecule has 2 N–H and O–H groups in total. The van der Waals surface area contributed by atoms with E-state index in [1.165, 1.54) is 24.2 Å². The lowest BCUT2D eigenvalue weighted by molar-refractivity contribution is 0.727. The third-order valence-electron chi connectivity index (χ3n) is 3.18. The first-order chi connectivity index (χ1) is 9.28. The first kappa shape index (κ1) is 14.3. The molecule has 0 bridgehead atoms. The van der Waals surface area contributed by atoms with E-state index in [2.05, 4.69) is 57.3 Å². The molecule has 0 aromatic carbocycles. The lowest BCUT2D eigenvalue weighted by atomic mass is 10.2. The molecular formula is C14H24N4S. The highest BCUT2D eigenvalue weighted by Crippen LogP contribution is 2.25. The van der Waals surface area contributed by atoms with Crippen molar-refractivity contribution in [1.82, 2.24) is 15.2 Å². The van der Waals surface area contributed by atoms with E-state index in [-0.39, 0.29) is 0 Å². The molecule has 2 rings (SSSR count). The maximum Gasteiger partial charge on any atom is 0.191 e. The largest absolute Gasteiger partial charge is 0.357 e. The molecule has 0 spiro atoms. The van der Waals surface area contributed by atoms with Crippen LogP contribution in [0, 0.1) is 0 Å². The van der Waals surface area contributed by atoms with Gasteiger partial charge in [0.1, 0.15) is 0 Å². The molecule has 1 fully saturated rings. The van der Waals surface area contributed by atoms with Gasteiger partial charge in [0.2, 0.25) is 0 Å². The van der Waals surface area contributed by atoms with Crippen molar-refractivity contribution in [2.75, 3.05) is 18.8 Å². The molecule has 106 valence electrons. The highest BCUT2D eigenvalue weighted by atomic mass is 32.2. The number of aromatic nitrogens is 1. The second-order valence-corrected chi connectivity index (χ2v) is 6.30. The van der Waals surface area contributed by atoms with E-state index >= 15 is 0 Å². The van der Waals surface area contributed by atoms with Crippen LogP contribution in [0.5, 0.6) is 0 Å². The topological polar surface area (TPSA) is 41.4 Å². The Morgan fingerprint density at radius 1 is 1.53 bits per heavy atom. The van der Waals surface area contributed by atoms with Crippen LogP contribution in [-0.2, 0) is 13.6 Å². The van der Waals surface area contributed by atoms with Crippen LogP contribution in [0.1, 0.15) is 25.3 Å². The second-order valence-electron chi connectivity index (χ2n) is 4.90. The number of aliphatic imine (C=N–C) groups is 1. The van der Waals surface area contributed by atoms with Crippen molar-refractivity contribution in [2.45, 2.75) is 31.6 Å². The summed E-state index contributed by atoms with van der Waals surface area (Å²) in [6.07, 6.45) is 6.85. The molecule has 4 nitrogen and oxygen atoms in total. The van der Waals surface area contributed by atoms with Crippen LogP contribution >= 0.6 is 11.8 Å². The molecule has 1 saturated heterocycles. The number of guanidine groups is 1. The Morgan fingerprint density at radius 3 is 3.05 bits per heavy atom. The molecule has 1 aromatic heterocycles. The predicted molar refractivity (Wildman–Crippen MR) is 83.7 cm³/mol. The van der Waals surface area contributed by atoms with Gasteiger partial charge in [-0.25, -0.2) is 4.99 Å². The number of aryl methyl sites for hydroxylation is 1. The van der Waals surface area contributed by atoms with Crippen LogP contribution in [0.15, 0.2) is 23.5 Å². The fraction of sp³-hybridized carbons (Fsp3) is 0.643. The summed E-state index contributed by atoms with van der Waals surface area (Å²) in [4.78, 5) is 4.63. The number of thioether (sulfide) groups is 1. The SMILES string of the molecule is CCNC(=NCc1ccn(C)c1)NCC1CCCS1. The third kappa shape index (κ3) is 4.82. The Labute approximate surface area is 120 Å². The van der Waals surface area contributed by atoms with Gasteiger partial charge >= 0.3 is 0 Å². The van der Waals surface area contributed by atoms with E-state index in [0.29, 0.717) is 0 Å². The van der Waals surface area contributed by atoms with E-state index in [1.807, 2.05) is 7.05 Å². The summed E-state index contributed by atoms with van der Waals surface area (Å²) < 4.78 is 2.06. The molecular weight excluding hydrogens is 256 g/mol. The summed E-state index contributed by atoms with van der Waals surface area (Å²) in [5.74, 6) is 2.24. The minimum absolute atomic E-state index is 0.730. The normalized spacial score (nSPS) is 19.7. The number of nitrogens with zero attached hydrogens (tertiary/aromatic N) is 2. The number of nitrogens with one attached hydrogen (secondary N) is 2. The van der Waals surface area contributed by atoms with Gasteiger partial charge in [-0.05, 0) is 37.1 Å². The van der Waals surface area contributed by atoms with Crippen molar-refractivity contribution in [3.8, 4) is 0 Å². The molecule has 19 heavy (non-hydrogen) atoms. The van der Waals surface area contributed by atoms with Gasteiger partial charge in [0.05, 0.1) is 6.54 Å². The quantitative estimate of drug-likeness (QED) is 0.640. The second kappa shape index (κ2) is 7.48. The number of rotatable bonds is 5. The first-order valence-electron chi connectivity index (χ1n) is 7.02. The van der Waals surface area contributed by atoms with Crippen molar-refractivity contribution in [3.05, 3.63) is 24.0 Å². The average molecular weight is 280 g/mol. The highest BCUT2D eigenvalue weighted by molar-refractivity contribution is 8.00. The zero-order valence-electron chi connectivity index (χ0n) is 11.9. The predicted octanol–water partition coefficient (Wildman–Crippen LogP) is 1.98. The van der Waals surface area contributed by atoms with Crippen LogP contribution in [0.3, 0.4) is 0 Å². The Kier molecular flexibility index (Phi) is 5.63. The molecule has 0 radical (unpaired) electrons. The molecule has 5 heteroatoms. The van der Waals surface area contributed by atoms with E-state index < -0.39 is 0 Å². The lowest BCUT2D eigenvalue weighted by Gasteiger charge is -2.14. The van der Waals surface area contributed by atoms with Gasteiger partial charge in [0.15, 0.2) is 5.96 Å². The summed E-state index contributed by atoms with van der Waals surface area (Å²) in [5, 5.41) is 7.51. The van der Waals surface area contributed by atoms with Crippen LogP contribution < -0.4 is 10.6 Å². The Morgan fingerprint density at radius 2 is 2.42 bits per heavy atom. The fourth-order valence-electron chi connectivity index (χ4n) is 2.18. The Hall–Kier alpha value is -1.10. The maximum atomic E-state index is 4.63. The van der Waals surface area contributed by atoms with E-state index in [0.717, 1.165) is 30.8 Å². The molecule has 1 atom stereocenters. The monoisotopic (exact) mass is 280 g/mol. The lowest BCUT2D eigenvalue weighted by Crippen LogP contribution is -2.40. The average Bonchev–Trinajstić information content (AvgIpc) is 3.04. The summed E-state index contributed by atoms with van der Waals surface area (Å²) in [6, 6.07) is 2.11. The molecule has 1 unspecified atom stereocenters. The first-order valence-corrected chi connectivity index (χ1v) is 8.07. The van der Waals surface area contributed by atoms with E-state index in [1.54, 1.807) is 0 Å². The fourth-order valence-corrected chi connectivity index (χ4v) is 3.38. The standard InChI is InChI=1S/C14H24N4S/c1-3-15-14(17-10-13-5-4-8-19-13)16-9-12-6-7-18(2)11-12/h6-7,11,13H,3-5,8-10H2,1-2H3,(H2,15,16,17). The molecule has 0 amide bonds. The Bertz CT molecular complexity index is 407. The number of hydrogen-bond donors (Lipinski definition) is 2. The maximum absolute atomic E-state index is 4.63. The van der Waals surface area contributed by atoms with Gasteiger partial charge in [-0.15, -0.1) is 0 Å². The zero-order valence-corrected chi connectivity index (χ0v) is 12.7. The minimum atomic E-state index is 0.730. The van der Waals surface area contributed by atoms with Gasteiger partial charge in [-0.3, -0.25) is 0 Å². The summed E-state index contributed by atoms with van der Waals surface area (Å²) >= 11 is 2.07. The molecule has 1 aromatic rings. The summed E-state index contributed by atoms with van der Waals surface area (Å²) in [6.45, 7) is 4.75. The van der Waals surface area contributed by atoms with Gasteiger partial charge < -0.3 is 15.2 Å². The van der Waals surface area contributed by atoms with Crippen LogP contribution in [0.25, 0.3) is 0 Å².